The molecule has 7 nitrogen and oxygen atoms in total. The first-order chi connectivity index (χ1) is 14.2. The molecule has 0 radical (unpaired) electrons. The standard InChI is InChI=1S/C22H18N4O3/c1-28-17-10-8-15(9-11-17)13-20(27)24-19-7-3-2-6-18(19)22-25-21(26-29-22)16-5-4-12-23-14-16/h2-12,14H,13H2,1H3,(H,24,27). The molecular weight excluding hydrogens is 368 g/mol. The van der Waals surface area contributed by atoms with Crippen LogP contribution in [0.4, 0.5) is 5.69 Å². The minimum absolute atomic E-state index is 0.144. The zero-order valence-corrected chi connectivity index (χ0v) is 15.7. The molecule has 2 aromatic heterocycles. The second-order valence-electron chi connectivity index (χ2n) is 6.28. The number of para-hydroxylation sites is 1. The van der Waals surface area contributed by atoms with Crippen molar-refractivity contribution >= 4 is 11.6 Å². The number of hydrogen-bond acceptors (Lipinski definition) is 6. The number of benzene rings is 2. The summed E-state index contributed by atoms with van der Waals surface area (Å²) in [5.74, 6) is 1.37. The molecule has 0 aliphatic carbocycles. The Morgan fingerprint density at radius 2 is 1.90 bits per heavy atom. The van der Waals surface area contributed by atoms with Crippen LogP contribution in [0.1, 0.15) is 5.56 Å². The number of nitrogens with zero attached hydrogens (tertiary/aromatic N) is 3. The Morgan fingerprint density at radius 3 is 2.66 bits per heavy atom. The number of aromatic nitrogens is 3. The molecule has 1 N–H and O–H groups in total. The first-order valence-electron chi connectivity index (χ1n) is 8.99. The Bertz CT molecular complexity index is 1110. The van der Waals surface area contributed by atoms with Crippen molar-refractivity contribution in [3.8, 4) is 28.6 Å². The van der Waals surface area contributed by atoms with Gasteiger partial charge >= 0.3 is 0 Å². The average Bonchev–Trinajstić information content (AvgIpc) is 3.25. The monoisotopic (exact) mass is 386 g/mol. The molecule has 4 rings (SSSR count). The number of hydrogen-bond donors (Lipinski definition) is 1. The molecule has 0 atom stereocenters. The molecule has 144 valence electrons. The molecule has 0 aliphatic heterocycles. The SMILES string of the molecule is COc1ccc(CC(=O)Nc2ccccc2-c2nc(-c3cccnc3)no2)cc1. The van der Waals surface area contributed by atoms with Gasteiger partial charge in [0, 0.05) is 18.0 Å². The normalized spacial score (nSPS) is 10.5. The fourth-order valence-electron chi connectivity index (χ4n) is 2.85. The average molecular weight is 386 g/mol. The highest BCUT2D eigenvalue weighted by atomic mass is 16.5. The van der Waals surface area contributed by atoms with Crippen molar-refractivity contribution < 1.29 is 14.1 Å². The van der Waals surface area contributed by atoms with Gasteiger partial charge in [0.25, 0.3) is 5.89 Å². The van der Waals surface area contributed by atoms with E-state index >= 15 is 0 Å². The van der Waals surface area contributed by atoms with Crippen LogP contribution < -0.4 is 10.1 Å². The number of methoxy groups -OCH3 is 1. The van der Waals surface area contributed by atoms with Crippen molar-refractivity contribution in [1.29, 1.82) is 0 Å². The van der Waals surface area contributed by atoms with Crippen LogP contribution in [0.3, 0.4) is 0 Å². The van der Waals surface area contributed by atoms with E-state index in [1.165, 1.54) is 0 Å². The lowest BCUT2D eigenvalue weighted by Gasteiger charge is -2.09. The maximum Gasteiger partial charge on any atom is 0.260 e. The molecule has 7 heteroatoms. The summed E-state index contributed by atoms with van der Waals surface area (Å²) in [6.07, 6.45) is 3.58. The predicted molar refractivity (Wildman–Crippen MR) is 108 cm³/mol. The molecule has 0 fully saturated rings. The highest BCUT2D eigenvalue weighted by Crippen LogP contribution is 2.28. The Labute approximate surface area is 167 Å². The second kappa shape index (κ2) is 8.35. The molecular formula is C22H18N4O3. The molecule has 29 heavy (non-hydrogen) atoms. The zero-order chi connectivity index (χ0) is 20.1. The van der Waals surface area contributed by atoms with E-state index in [9.17, 15) is 4.79 Å². The lowest BCUT2D eigenvalue weighted by atomic mass is 10.1. The van der Waals surface area contributed by atoms with E-state index in [4.69, 9.17) is 9.26 Å². The first-order valence-corrected chi connectivity index (χ1v) is 8.99. The Kier molecular flexibility index (Phi) is 5.29. The third kappa shape index (κ3) is 4.30. The van der Waals surface area contributed by atoms with E-state index in [1.807, 2.05) is 48.5 Å². The van der Waals surface area contributed by atoms with Crippen molar-refractivity contribution in [3.05, 3.63) is 78.6 Å². The van der Waals surface area contributed by atoms with E-state index in [-0.39, 0.29) is 12.3 Å². The number of rotatable bonds is 6. The van der Waals surface area contributed by atoms with Crippen LogP contribution in [0.5, 0.6) is 5.75 Å². The zero-order valence-electron chi connectivity index (χ0n) is 15.7. The van der Waals surface area contributed by atoms with Crippen LogP contribution in [0.15, 0.2) is 77.6 Å². The maximum absolute atomic E-state index is 12.5. The van der Waals surface area contributed by atoms with Gasteiger partial charge in [0.2, 0.25) is 11.7 Å². The number of anilines is 1. The second-order valence-corrected chi connectivity index (χ2v) is 6.28. The first kappa shape index (κ1) is 18.4. The van der Waals surface area contributed by atoms with Crippen molar-refractivity contribution in [2.24, 2.45) is 0 Å². The molecule has 0 bridgehead atoms. The highest BCUT2D eigenvalue weighted by Gasteiger charge is 2.15. The quantitative estimate of drug-likeness (QED) is 0.539. The van der Waals surface area contributed by atoms with Gasteiger partial charge < -0.3 is 14.6 Å². The van der Waals surface area contributed by atoms with Crippen LogP contribution in [0.25, 0.3) is 22.8 Å². The van der Waals surface area contributed by atoms with Crippen molar-refractivity contribution in [2.45, 2.75) is 6.42 Å². The number of carbonyl (C=O) groups is 1. The summed E-state index contributed by atoms with van der Waals surface area (Å²) >= 11 is 0. The Hall–Kier alpha value is -4.00. The van der Waals surface area contributed by atoms with Gasteiger partial charge in [0.05, 0.1) is 24.8 Å². The number of carbonyl (C=O) groups excluding carboxylic acids is 1. The van der Waals surface area contributed by atoms with E-state index in [2.05, 4.69) is 20.4 Å². The molecule has 1 amide bonds. The highest BCUT2D eigenvalue weighted by molar-refractivity contribution is 5.95. The van der Waals surface area contributed by atoms with Gasteiger partial charge in [-0.1, -0.05) is 29.4 Å². The van der Waals surface area contributed by atoms with Gasteiger partial charge in [-0.3, -0.25) is 9.78 Å². The van der Waals surface area contributed by atoms with E-state index in [0.717, 1.165) is 16.9 Å². The van der Waals surface area contributed by atoms with Gasteiger partial charge in [-0.2, -0.15) is 4.98 Å². The topological polar surface area (TPSA) is 90.1 Å². The van der Waals surface area contributed by atoms with Gasteiger partial charge in [0.1, 0.15) is 5.75 Å². The van der Waals surface area contributed by atoms with Crippen LogP contribution in [0.2, 0.25) is 0 Å². The van der Waals surface area contributed by atoms with E-state index < -0.39 is 0 Å². The number of nitrogens with one attached hydrogen (secondary N) is 1. The molecule has 2 heterocycles. The lowest BCUT2D eigenvalue weighted by Crippen LogP contribution is -2.15. The molecule has 0 unspecified atom stereocenters. The summed E-state index contributed by atoms with van der Waals surface area (Å²) < 4.78 is 10.6. The molecule has 0 aliphatic rings. The molecule has 0 spiro atoms. The molecule has 0 saturated heterocycles. The molecule has 2 aromatic carbocycles. The van der Waals surface area contributed by atoms with Gasteiger partial charge in [-0.05, 0) is 42.0 Å². The molecule has 4 aromatic rings. The third-order valence-electron chi connectivity index (χ3n) is 4.30. The smallest absolute Gasteiger partial charge is 0.260 e. The number of amides is 1. The Balaban J connectivity index is 1.52. The predicted octanol–water partition coefficient (Wildman–Crippen LogP) is 3.99. The minimum atomic E-state index is -0.144. The fraction of sp³-hybridized carbons (Fsp3) is 0.0909. The lowest BCUT2D eigenvalue weighted by molar-refractivity contribution is -0.115. The van der Waals surface area contributed by atoms with Crippen LogP contribution >= 0.6 is 0 Å². The Morgan fingerprint density at radius 1 is 1.07 bits per heavy atom. The van der Waals surface area contributed by atoms with Gasteiger partial charge in [0.15, 0.2) is 0 Å². The third-order valence-corrected chi connectivity index (χ3v) is 4.30. The van der Waals surface area contributed by atoms with Crippen molar-refractivity contribution in [1.82, 2.24) is 15.1 Å². The van der Waals surface area contributed by atoms with Crippen molar-refractivity contribution in [2.75, 3.05) is 12.4 Å². The summed E-state index contributed by atoms with van der Waals surface area (Å²) in [5, 5.41) is 6.94. The van der Waals surface area contributed by atoms with Gasteiger partial charge in [-0.25, -0.2) is 0 Å². The largest absolute Gasteiger partial charge is 0.497 e. The van der Waals surface area contributed by atoms with Gasteiger partial charge in [-0.15, -0.1) is 0 Å². The summed E-state index contributed by atoms with van der Waals surface area (Å²) in [6.45, 7) is 0. The van der Waals surface area contributed by atoms with Crippen LogP contribution in [-0.2, 0) is 11.2 Å². The fourth-order valence-corrected chi connectivity index (χ4v) is 2.85. The van der Waals surface area contributed by atoms with Crippen LogP contribution in [0, 0.1) is 0 Å². The molecule has 0 saturated carbocycles. The van der Waals surface area contributed by atoms with Crippen molar-refractivity contribution in [3.63, 3.8) is 0 Å². The maximum atomic E-state index is 12.5. The van der Waals surface area contributed by atoms with Crippen LogP contribution in [-0.4, -0.2) is 28.1 Å². The van der Waals surface area contributed by atoms with E-state index in [1.54, 1.807) is 31.6 Å². The minimum Gasteiger partial charge on any atom is -0.497 e. The summed E-state index contributed by atoms with van der Waals surface area (Å²) in [6, 6.07) is 18.4. The number of ether oxygens (including phenoxy) is 1. The summed E-state index contributed by atoms with van der Waals surface area (Å²) in [5.41, 5.74) is 2.89. The summed E-state index contributed by atoms with van der Waals surface area (Å²) in [4.78, 5) is 21.0. The number of pyridine rings is 1. The summed E-state index contributed by atoms with van der Waals surface area (Å²) in [7, 11) is 1.61. The van der Waals surface area contributed by atoms with E-state index in [0.29, 0.717) is 23.0 Å².